The number of carbonyl (C=O) groups is 4. The van der Waals surface area contributed by atoms with Gasteiger partial charge >= 0.3 is 6.09 Å². The van der Waals surface area contributed by atoms with E-state index in [1.54, 1.807) is 10.6 Å². The summed E-state index contributed by atoms with van der Waals surface area (Å²) >= 11 is 0. The Bertz CT molecular complexity index is 2460. The first-order chi connectivity index (χ1) is 29.0. The number of fused-ring (bicyclic) bond motifs is 5. The van der Waals surface area contributed by atoms with Gasteiger partial charge in [0, 0.05) is 29.4 Å². The third-order valence-corrected chi connectivity index (χ3v) is 14.4. The zero-order valence-electron chi connectivity index (χ0n) is 33.7. The van der Waals surface area contributed by atoms with Crippen molar-refractivity contribution in [3.05, 3.63) is 72.3 Å². The quantitative estimate of drug-likeness (QED) is 0.198. The van der Waals surface area contributed by atoms with E-state index in [4.69, 9.17) is 19.6 Å². The van der Waals surface area contributed by atoms with E-state index in [-0.39, 0.29) is 25.5 Å². The van der Waals surface area contributed by atoms with Gasteiger partial charge in [-0.05, 0) is 83.3 Å². The number of benzene rings is 2. The van der Waals surface area contributed by atoms with Gasteiger partial charge in [0.15, 0.2) is 5.65 Å². The highest BCUT2D eigenvalue weighted by Gasteiger charge is 2.62. The van der Waals surface area contributed by atoms with E-state index in [9.17, 15) is 27.6 Å². The van der Waals surface area contributed by atoms with Crippen LogP contribution >= 0.6 is 0 Å². The third-order valence-electron chi connectivity index (χ3n) is 12.6. The van der Waals surface area contributed by atoms with Gasteiger partial charge in [-0.15, -0.1) is 0 Å². The van der Waals surface area contributed by atoms with Crippen LogP contribution in [0.4, 0.5) is 4.79 Å². The Morgan fingerprint density at radius 1 is 0.933 bits per heavy atom. The number of alkyl carbamates (subject to hydrolysis) is 1. The van der Waals surface area contributed by atoms with Crippen molar-refractivity contribution in [3.8, 4) is 17.1 Å². The summed E-state index contributed by atoms with van der Waals surface area (Å²) in [4.78, 5) is 63.0. The summed E-state index contributed by atoms with van der Waals surface area (Å²) in [6.45, 7) is 1.99. The second-order valence-corrected chi connectivity index (χ2v) is 19.1. The predicted octanol–water partition coefficient (Wildman–Crippen LogP) is 5.25. The summed E-state index contributed by atoms with van der Waals surface area (Å²) in [6.07, 6.45) is 10.1. The van der Waals surface area contributed by atoms with Gasteiger partial charge in [-0.2, -0.15) is 9.61 Å². The van der Waals surface area contributed by atoms with Crippen LogP contribution < -0.4 is 20.1 Å². The Kier molecular flexibility index (Phi) is 10.8. The number of nitrogens with zero attached hydrogens (tertiary/aromatic N) is 4. The Hall–Kier alpha value is -5.51. The Labute approximate surface area is 348 Å². The maximum Gasteiger partial charge on any atom is 0.408 e. The number of sulfonamides is 1. The van der Waals surface area contributed by atoms with Crippen LogP contribution in [0.1, 0.15) is 89.0 Å². The van der Waals surface area contributed by atoms with Crippen LogP contribution in [0.25, 0.3) is 27.8 Å². The van der Waals surface area contributed by atoms with Gasteiger partial charge in [-0.3, -0.25) is 19.1 Å². The summed E-state index contributed by atoms with van der Waals surface area (Å²) in [5.41, 5.74) is 2.39. The first-order valence-corrected chi connectivity index (χ1v) is 22.9. The molecule has 3 aliphatic carbocycles. The lowest BCUT2D eigenvalue weighted by Crippen LogP contribution is -2.58. The molecule has 2 aromatic heterocycles. The second-order valence-electron chi connectivity index (χ2n) is 17.1. The van der Waals surface area contributed by atoms with Crippen LogP contribution in [0.3, 0.4) is 0 Å². The molecule has 4 heterocycles. The van der Waals surface area contributed by atoms with E-state index in [0.29, 0.717) is 54.8 Å². The molecule has 16 heteroatoms. The fraction of sp³-hybridized carbons (Fsp3) is 0.500. The average molecular weight is 838 g/mol. The smallest absolute Gasteiger partial charge is 0.408 e. The molecule has 60 heavy (non-hydrogen) atoms. The number of rotatable bonds is 8. The van der Waals surface area contributed by atoms with Crippen LogP contribution in [0.15, 0.2) is 66.7 Å². The molecule has 2 aromatic carbocycles. The highest BCUT2D eigenvalue weighted by molar-refractivity contribution is 7.91. The van der Waals surface area contributed by atoms with Crippen LogP contribution in [0, 0.1) is 12.8 Å². The normalized spacial score (nSPS) is 26.4. The lowest BCUT2D eigenvalue weighted by molar-refractivity contribution is -0.141. The second kappa shape index (κ2) is 16.2. The van der Waals surface area contributed by atoms with Gasteiger partial charge < -0.3 is 25.0 Å². The number of ether oxygens (including phenoxy) is 2. The van der Waals surface area contributed by atoms with Crippen LogP contribution in [-0.4, -0.2) is 93.4 Å². The molecule has 4 aromatic rings. The molecular formula is C44H51N7O8S. The minimum atomic E-state index is -3.91. The number of hydrogen-bond acceptors (Lipinski definition) is 10. The molecule has 4 amide bonds. The molecule has 5 atom stereocenters. The lowest BCUT2D eigenvalue weighted by atomic mass is 10.0. The first kappa shape index (κ1) is 39.9. The molecule has 316 valence electrons. The van der Waals surface area contributed by atoms with E-state index >= 15 is 0 Å². The van der Waals surface area contributed by atoms with Crippen molar-refractivity contribution < 1.29 is 37.1 Å². The number of carbonyl (C=O) groups excluding carboxylic acids is 4. The van der Waals surface area contributed by atoms with Gasteiger partial charge in [0.2, 0.25) is 27.7 Å². The molecule has 15 nitrogen and oxygen atoms in total. The summed E-state index contributed by atoms with van der Waals surface area (Å²) in [7, 11) is -3.91. The maximum absolute atomic E-state index is 14.8. The molecule has 2 aliphatic heterocycles. The van der Waals surface area contributed by atoms with Crippen molar-refractivity contribution in [2.75, 3.05) is 6.54 Å². The first-order valence-electron chi connectivity index (χ1n) is 21.3. The molecule has 0 radical (unpaired) electrons. The number of hydrogen-bond donors (Lipinski definition) is 3. The van der Waals surface area contributed by atoms with E-state index < -0.39 is 68.7 Å². The van der Waals surface area contributed by atoms with Crippen molar-refractivity contribution in [2.24, 2.45) is 5.92 Å². The van der Waals surface area contributed by atoms with Crippen LogP contribution in [0.2, 0.25) is 0 Å². The van der Waals surface area contributed by atoms with Crippen molar-refractivity contribution in [1.82, 2.24) is 34.9 Å². The largest absolute Gasteiger partial charge is 0.472 e. The molecule has 5 aliphatic rings. The molecule has 9 rings (SSSR count). The fourth-order valence-corrected chi connectivity index (χ4v) is 10.3. The Morgan fingerprint density at radius 3 is 2.48 bits per heavy atom. The van der Waals surface area contributed by atoms with E-state index in [1.165, 1.54) is 4.90 Å². The number of aromatic nitrogens is 3. The minimum absolute atomic E-state index is 0.0180. The third kappa shape index (κ3) is 8.17. The van der Waals surface area contributed by atoms with Gasteiger partial charge in [-0.1, -0.05) is 67.0 Å². The number of allylic oxidation sites excluding steroid dienone is 1. The number of nitrogens with one attached hydrogen (secondary N) is 3. The van der Waals surface area contributed by atoms with Gasteiger partial charge in [0.05, 0.1) is 23.0 Å². The fourth-order valence-electron chi connectivity index (χ4n) is 8.91. The molecule has 3 N–H and O–H groups in total. The molecular weight excluding hydrogens is 787 g/mol. The minimum Gasteiger partial charge on any atom is -0.472 e. The maximum atomic E-state index is 14.8. The zero-order chi connectivity index (χ0) is 41.6. The topological polar surface area (TPSA) is 190 Å². The van der Waals surface area contributed by atoms with Crippen molar-refractivity contribution in [1.29, 1.82) is 0 Å². The van der Waals surface area contributed by atoms with Crippen molar-refractivity contribution in [3.63, 3.8) is 0 Å². The molecule has 0 spiro atoms. The summed E-state index contributed by atoms with van der Waals surface area (Å²) in [6, 6.07) is 15.3. The molecule has 1 saturated heterocycles. The monoisotopic (exact) mass is 837 g/mol. The van der Waals surface area contributed by atoms with Crippen molar-refractivity contribution in [2.45, 2.75) is 125 Å². The van der Waals surface area contributed by atoms with Crippen LogP contribution in [-0.2, 0) is 29.1 Å². The highest BCUT2D eigenvalue weighted by Crippen LogP contribution is 2.46. The molecule has 0 unspecified atom stereocenters. The summed E-state index contributed by atoms with van der Waals surface area (Å²) < 4.78 is 42.3. The highest BCUT2D eigenvalue weighted by atomic mass is 32.2. The molecule has 3 saturated carbocycles. The molecule has 4 fully saturated rings. The van der Waals surface area contributed by atoms with E-state index in [2.05, 4.69) is 15.4 Å². The van der Waals surface area contributed by atoms with Gasteiger partial charge in [-0.25, -0.2) is 18.2 Å². The zero-order valence-corrected chi connectivity index (χ0v) is 34.5. The average Bonchev–Trinajstić information content (AvgIpc) is 4.04. The standard InChI is InChI=1S/C44H51N7O8S/c1-27-17-19-28(20-18-27)36-24-38(51-39(45-36)33-14-9-10-15-34(33)48-51)58-31-23-37-40(52)47-44(42(54)49-60(56,57)32-21-22-32)25-29(44)11-5-3-2-4-6-16-35(41(53)50(37)26-31)46-43(55)59-30-12-7-8-13-30/h5,9-11,14-15,17-20,24,29-32,35,37H,2-4,6-8,12-13,16,21-23,25-26H2,1H3,(H,46,55)(H,47,52)(H,49,54)/t29-,31-,35+,37+,44-/m1/s1. The number of amides is 4. The van der Waals surface area contributed by atoms with Crippen molar-refractivity contribution >= 4 is 50.4 Å². The van der Waals surface area contributed by atoms with E-state index in [1.807, 2.05) is 67.6 Å². The molecule has 0 bridgehead atoms. The van der Waals surface area contributed by atoms with Gasteiger partial charge in [0.25, 0.3) is 5.91 Å². The lowest BCUT2D eigenvalue weighted by Gasteiger charge is -2.30. The Balaban J connectivity index is 1.05. The van der Waals surface area contributed by atoms with Crippen LogP contribution in [0.5, 0.6) is 5.88 Å². The predicted molar refractivity (Wildman–Crippen MR) is 222 cm³/mol. The Morgan fingerprint density at radius 2 is 1.70 bits per heavy atom. The van der Waals surface area contributed by atoms with Gasteiger partial charge in [0.1, 0.15) is 29.8 Å². The summed E-state index contributed by atoms with van der Waals surface area (Å²) in [5.74, 6) is -1.94. The SMILES string of the molecule is Cc1ccc(-c2cc(O[C@@H]3C[C@H]4C(=O)N[C@]5(C(=O)NS(=O)(=O)C6CC6)C[C@H]5C=CCCCCC[C@H](NC(=O)OC5CCCC5)C(=O)N4C3)n3nc4ccccc4c3n2)cc1. The number of aryl methyl sites for hydroxylation is 1. The van der Waals surface area contributed by atoms with E-state index in [0.717, 1.165) is 55.0 Å². The summed E-state index contributed by atoms with van der Waals surface area (Å²) in [5, 5.41) is 10.8.